The monoisotopic (exact) mass is 259 g/mol. The van der Waals surface area contributed by atoms with Gasteiger partial charge < -0.3 is 15.2 Å². The predicted molar refractivity (Wildman–Crippen MR) is 72.1 cm³/mol. The number of nitrogens with one attached hydrogen (secondary N) is 1. The number of hydrogen-bond donors (Lipinski definition) is 3. The van der Waals surface area contributed by atoms with Crippen molar-refractivity contribution >= 4 is 22.5 Å². The van der Waals surface area contributed by atoms with E-state index in [1.54, 1.807) is 30.3 Å². The van der Waals surface area contributed by atoms with Gasteiger partial charge in [0.25, 0.3) is 0 Å². The third kappa shape index (κ3) is 1.52. The third-order valence-corrected chi connectivity index (χ3v) is 3.26. The van der Waals surface area contributed by atoms with Gasteiger partial charge in [-0.05, 0) is 18.2 Å². The van der Waals surface area contributed by atoms with Crippen LogP contribution in [0, 0.1) is 0 Å². The largest absolute Gasteiger partial charge is 0.507 e. The van der Waals surface area contributed by atoms with Crippen LogP contribution in [-0.2, 0) is 0 Å². The molecule has 0 atom stereocenters. The molecule has 0 spiro atoms. The first-order valence-corrected chi connectivity index (χ1v) is 5.84. The summed E-state index contributed by atoms with van der Waals surface area (Å²) in [4.78, 5) is 2.83. The maximum Gasteiger partial charge on any atom is 0.197 e. The van der Waals surface area contributed by atoms with Crippen LogP contribution >= 0.6 is 11.6 Å². The number of aromatic amines is 1. The van der Waals surface area contributed by atoms with E-state index >= 15 is 0 Å². The van der Waals surface area contributed by atoms with Crippen molar-refractivity contribution in [2.24, 2.45) is 0 Å². The summed E-state index contributed by atoms with van der Waals surface area (Å²) in [6, 6.07) is 12.3. The van der Waals surface area contributed by atoms with E-state index in [1.807, 2.05) is 12.1 Å². The zero-order valence-electron chi connectivity index (χ0n) is 9.31. The molecule has 0 saturated heterocycles. The Hall–Kier alpha value is -2.13. The van der Waals surface area contributed by atoms with Crippen molar-refractivity contribution in [2.45, 2.75) is 0 Å². The lowest BCUT2D eigenvalue weighted by Crippen LogP contribution is -1.78. The first-order chi connectivity index (χ1) is 8.68. The molecule has 1 aromatic heterocycles. The van der Waals surface area contributed by atoms with E-state index in [2.05, 4.69) is 4.98 Å². The van der Waals surface area contributed by atoms with Gasteiger partial charge >= 0.3 is 0 Å². The lowest BCUT2D eigenvalue weighted by molar-refractivity contribution is 0.460. The Balaban J connectivity index is 2.43. The number of fused-ring (bicyclic) bond motifs is 1. The quantitative estimate of drug-likeness (QED) is 0.621. The fraction of sp³-hybridized carbons (Fsp3) is 0. The summed E-state index contributed by atoms with van der Waals surface area (Å²) in [7, 11) is 0. The minimum absolute atomic E-state index is 0.000370. The van der Waals surface area contributed by atoms with Gasteiger partial charge in [0.2, 0.25) is 0 Å². The van der Waals surface area contributed by atoms with Gasteiger partial charge in [0.1, 0.15) is 5.75 Å². The van der Waals surface area contributed by atoms with Crippen LogP contribution in [0.5, 0.6) is 11.6 Å². The van der Waals surface area contributed by atoms with Crippen LogP contribution < -0.4 is 0 Å². The lowest BCUT2D eigenvalue weighted by atomic mass is 10.0. The maximum atomic E-state index is 10.0. The van der Waals surface area contributed by atoms with E-state index in [9.17, 15) is 10.2 Å². The predicted octanol–water partition coefficient (Wildman–Crippen LogP) is 3.90. The van der Waals surface area contributed by atoms with E-state index in [0.29, 0.717) is 27.1 Å². The van der Waals surface area contributed by atoms with E-state index in [1.165, 1.54) is 0 Å². The van der Waals surface area contributed by atoms with Crippen molar-refractivity contribution in [3.63, 3.8) is 0 Å². The second-order valence-electron chi connectivity index (χ2n) is 4.03. The summed E-state index contributed by atoms with van der Waals surface area (Å²) in [6.45, 7) is 0. The fourth-order valence-electron chi connectivity index (χ4n) is 2.14. The van der Waals surface area contributed by atoms with E-state index in [-0.39, 0.29) is 11.6 Å². The Morgan fingerprint density at radius 3 is 2.50 bits per heavy atom. The van der Waals surface area contributed by atoms with Crippen molar-refractivity contribution in [2.75, 3.05) is 0 Å². The lowest BCUT2D eigenvalue weighted by Gasteiger charge is -2.04. The van der Waals surface area contributed by atoms with Gasteiger partial charge in [0, 0.05) is 10.6 Å². The summed E-state index contributed by atoms with van der Waals surface area (Å²) < 4.78 is 0. The smallest absolute Gasteiger partial charge is 0.197 e. The molecule has 90 valence electrons. The third-order valence-electron chi connectivity index (χ3n) is 2.93. The highest BCUT2D eigenvalue weighted by Gasteiger charge is 2.17. The molecule has 3 nitrogen and oxygen atoms in total. The second kappa shape index (κ2) is 3.96. The average Bonchev–Trinajstić information content (AvgIpc) is 2.68. The molecule has 0 amide bonds. The number of aromatic nitrogens is 1. The molecule has 3 N–H and O–H groups in total. The molecule has 3 aromatic rings. The molecule has 1 heterocycles. The van der Waals surface area contributed by atoms with Gasteiger partial charge in [0.15, 0.2) is 5.88 Å². The molecule has 0 fully saturated rings. The normalized spacial score (nSPS) is 10.9. The van der Waals surface area contributed by atoms with Crippen LogP contribution in [0.4, 0.5) is 0 Å². The number of phenols is 1. The van der Waals surface area contributed by atoms with Crippen LogP contribution in [0.25, 0.3) is 22.0 Å². The Kier molecular flexibility index (Phi) is 2.42. The fourth-order valence-corrected chi connectivity index (χ4v) is 2.37. The maximum absolute atomic E-state index is 10.0. The van der Waals surface area contributed by atoms with Crippen LogP contribution in [0.3, 0.4) is 0 Å². The highest BCUT2D eigenvalue weighted by molar-refractivity contribution is 6.34. The summed E-state index contributed by atoms with van der Waals surface area (Å²) in [6.07, 6.45) is 0. The Morgan fingerprint density at radius 2 is 1.72 bits per heavy atom. The number of rotatable bonds is 1. The molecule has 18 heavy (non-hydrogen) atoms. The molecule has 0 radical (unpaired) electrons. The topological polar surface area (TPSA) is 56.2 Å². The molecule has 0 aliphatic heterocycles. The summed E-state index contributed by atoms with van der Waals surface area (Å²) >= 11 is 6.13. The molecular formula is C14H10ClNO2. The number of halogens is 1. The van der Waals surface area contributed by atoms with E-state index in [0.717, 1.165) is 0 Å². The van der Waals surface area contributed by atoms with Crippen LogP contribution in [0.2, 0.25) is 5.02 Å². The first-order valence-electron chi connectivity index (χ1n) is 5.46. The Morgan fingerprint density at radius 1 is 0.944 bits per heavy atom. The number of H-pyrrole nitrogens is 1. The summed E-state index contributed by atoms with van der Waals surface area (Å²) in [5.41, 5.74) is 1.88. The zero-order chi connectivity index (χ0) is 12.7. The number of aromatic hydroxyl groups is 2. The SMILES string of the molecule is Oc1[nH]c2cccc(O)c2c1-c1ccccc1Cl. The van der Waals surface area contributed by atoms with Crippen LogP contribution in [-0.4, -0.2) is 15.2 Å². The van der Waals surface area contributed by atoms with Gasteiger partial charge in [-0.15, -0.1) is 0 Å². The highest BCUT2D eigenvalue weighted by Crippen LogP contribution is 2.43. The van der Waals surface area contributed by atoms with Crippen molar-refractivity contribution < 1.29 is 10.2 Å². The van der Waals surface area contributed by atoms with E-state index < -0.39 is 0 Å². The Labute approximate surface area is 108 Å². The highest BCUT2D eigenvalue weighted by atomic mass is 35.5. The van der Waals surface area contributed by atoms with Crippen molar-refractivity contribution in [3.8, 4) is 22.8 Å². The number of phenolic OH excluding ortho intramolecular Hbond substituents is 1. The molecule has 0 aliphatic rings. The van der Waals surface area contributed by atoms with E-state index in [4.69, 9.17) is 11.6 Å². The summed E-state index contributed by atoms with van der Waals surface area (Å²) in [5.74, 6) is 0.110. The standard InChI is InChI=1S/C14H10ClNO2/c15-9-5-2-1-4-8(9)12-13-10(16-14(12)18)6-3-7-11(13)17/h1-7,16-18H. The molecule has 2 aromatic carbocycles. The van der Waals surface area contributed by atoms with Crippen molar-refractivity contribution in [1.82, 2.24) is 4.98 Å². The summed E-state index contributed by atoms with van der Waals surface area (Å²) in [5, 5.41) is 21.1. The van der Waals surface area contributed by atoms with Gasteiger partial charge in [-0.25, -0.2) is 0 Å². The molecule has 0 aliphatic carbocycles. The molecule has 3 rings (SSSR count). The van der Waals surface area contributed by atoms with Gasteiger partial charge in [-0.2, -0.15) is 0 Å². The number of benzene rings is 2. The molecule has 4 heteroatoms. The first kappa shape index (κ1) is 11.0. The van der Waals surface area contributed by atoms with Crippen LogP contribution in [0.15, 0.2) is 42.5 Å². The van der Waals surface area contributed by atoms with Crippen molar-refractivity contribution in [1.29, 1.82) is 0 Å². The molecular weight excluding hydrogens is 250 g/mol. The van der Waals surface area contributed by atoms with Gasteiger partial charge in [0.05, 0.1) is 16.5 Å². The van der Waals surface area contributed by atoms with Gasteiger partial charge in [-0.1, -0.05) is 35.9 Å². The average molecular weight is 260 g/mol. The van der Waals surface area contributed by atoms with Crippen molar-refractivity contribution in [3.05, 3.63) is 47.5 Å². The second-order valence-corrected chi connectivity index (χ2v) is 4.44. The van der Waals surface area contributed by atoms with Crippen LogP contribution in [0.1, 0.15) is 0 Å². The van der Waals surface area contributed by atoms with Gasteiger partial charge in [-0.3, -0.25) is 0 Å². The molecule has 0 unspecified atom stereocenters. The minimum atomic E-state index is -0.000370. The minimum Gasteiger partial charge on any atom is -0.507 e. The zero-order valence-corrected chi connectivity index (χ0v) is 10.1. The molecule has 0 saturated carbocycles. The number of hydrogen-bond acceptors (Lipinski definition) is 2. The Bertz CT molecular complexity index is 734. The molecule has 0 bridgehead atoms.